The Hall–Kier alpha value is -1.81. The van der Waals surface area contributed by atoms with Crippen molar-refractivity contribution >= 4 is 32.7 Å². The molecule has 0 unspecified atom stereocenters. The van der Waals surface area contributed by atoms with Crippen molar-refractivity contribution in [2.24, 2.45) is 0 Å². The Bertz CT molecular complexity index is 689. The van der Waals surface area contributed by atoms with Crippen molar-refractivity contribution in [2.75, 3.05) is 12.4 Å². The molecule has 1 heterocycles. The Kier molecular flexibility index (Phi) is 2.80. The molecule has 3 nitrogen and oxygen atoms in total. The van der Waals surface area contributed by atoms with Gasteiger partial charge in [-0.25, -0.2) is 4.98 Å². The predicted molar refractivity (Wildman–Crippen MR) is 76.7 cm³/mol. The summed E-state index contributed by atoms with van der Waals surface area (Å²) in [5.74, 6) is 0.644. The number of oxazole rings is 1. The molecule has 0 saturated heterocycles. The van der Waals surface area contributed by atoms with Gasteiger partial charge < -0.3 is 9.73 Å². The molecule has 1 N–H and O–H groups in total. The maximum Gasteiger partial charge on any atom is 0.227 e. The number of hydrogen-bond acceptors (Lipinski definition) is 3. The van der Waals surface area contributed by atoms with Crippen LogP contribution in [0.25, 0.3) is 22.6 Å². The summed E-state index contributed by atoms with van der Waals surface area (Å²) in [7, 11) is 1.88. The quantitative estimate of drug-likeness (QED) is 0.767. The highest BCUT2D eigenvalue weighted by Crippen LogP contribution is 2.26. The van der Waals surface area contributed by atoms with Crippen LogP contribution in [0, 0.1) is 0 Å². The Morgan fingerprint density at radius 2 is 1.89 bits per heavy atom. The van der Waals surface area contributed by atoms with Gasteiger partial charge in [-0.2, -0.15) is 0 Å². The minimum atomic E-state index is 0.644. The molecular formula is C14H11BrN2O. The van der Waals surface area contributed by atoms with Crippen LogP contribution in [0.3, 0.4) is 0 Å². The first-order valence-electron chi connectivity index (χ1n) is 5.60. The average molecular weight is 303 g/mol. The minimum Gasteiger partial charge on any atom is -0.436 e. The lowest BCUT2D eigenvalue weighted by Gasteiger charge is -1.96. The molecule has 18 heavy (non-hydrogen) atoms. The second-order valence-electron chi connectivity index (χ2n) is 3.96. The average Bonchev–Trinajstić information content (AvgIpc) is 2.82. The van der Waals surface area contributed by atoms with Crippen molar-refractivity contribution in [3.63, 3.8) is 0 Å². The number of rotatable bonds is 2. The van der Waals surface area contributed by atoms with Crippen molar-refractivity contribution in [1.29, 1.82) is 0 Å². The van der Waals surface area contributed by atoms with Gasteiger partial charge in [0, 0.05) is 28.8 Å². The summed E-state index contributed by atoms with van der Waals surface area (Å²) in [6.07, 6.45) is 0. The lowest BCUT2D eigenvalue weighted by Crippen LogP contribution is -1.85. The van der Waals surface area contributed by atoms with E-state index in [9.17, 15) is 0 Å². The van der Waals surface area contributed by atoms with E-state index in [2.05, 4.69) is 26.2 Å². The van der Waals surface area contributed by atoms with Crippen LogP contribution in [-0.4, -0.2) is 12.0 Å². The zero-order chi connectivity index (χ0) is 12.5. The zero-order valence-electron chi connectivity index (χ0n) is 9.77. The van der Waals surface area contributed by atoms with E-state index in [1.54, 1.807) is 0 Å². The highest BCUT2D eigenvalue weighted by Gasteiger charge is 2.08. The number of halogens is 1. The number of nitrogens with zero attached hydrogens (tertiary/aromatic N) is 1. The Labute approximate surface area is 113 Å². The van der Waals surface area contributed by atoms with Crippen molar-refractivity contribution in [3.8, 4) is 11.5 Å². The summed E-state index contributed by atoms with van der Waals surface area (Å²) < 4.78 is 6.81. The molecule has 4 heteroatoms. The summed E-state index contributed by atoms with van der Waals surface area (Å²) in [6, 6.07) is 13.8. The number of aromatic nitrogens is 1. The molecule has 0 fully saturated rings. The summed E-state index contributed by atoms with van der Waals surface area (Å²) in [6.45, 7) is 0. The maximum atomic E-state index is 5.77. The molecule has 0 aliphatic rings. The molecule has 3 aromatic rings. The van der Waals surface area contributed by atoms with Crippen LogP contribution in [0.15, 0.2) is 51.4 Å². The molecule has 1 aromatic heterocycles. The lowest BCUT2D eigenvalue weighted by atomic mass is 10.2. The van der Waals surface area contributed by atoms with Crippen LogP contribution in [0.2, 0.25) is 0 Å². The second-order valence-corrected chi connectivity index (χ2v) is 4.87. The third-order valence-electron chi connectivity index (χ3n) is 2.77. The van der Waals surface area contributed by atoms with Gasteiger partial charge in [0.15, 0.2) is 5.58 Å². The van der Waals surface area contributed by atoms with Crippen LogP contribution >= 0.6 is 15.9 Å². The molecule has 0 aliphatic heterocycles. The fourth-order valence-corrected chi connectivity index (χ4v) is 2.06. The predicted octanol–water partition coefficient (Wildman–Crippen LogP) is 4.30. The molecule has 90 valence electrons. The number of anilines is 1. The van der Waals surface area contributed by atoms with Gasteiger partial charge >= 0.3 is 0 Å². The van der Waals surface area contributed by atoms with E-state index < -0.39 is 0 Å². The van der Waals surface area contributed by atoms with Crippen LogP contribution in [0.5, 0.6) is 0 Å². The molecule has 0 saturated carbocycles. The first-order chi connectivity index (χ1) is 8.76. The van der Waals surface area contributed by atoms with Crippen LogP contribution in [-0.2, 0) is 0 Å². The fourth-order valence-electron chi connectivity index (χ4n) is 1.80. The van der Waals surface area contributed by atoms with E-state index in [-0.39, 0.29) is 0 Å². The van der Waals surface area contributed by atoms with Gasteiger partial charge in [-0.05, 0) is 36.4 Å². The highest BCUT2D eigenvalue weighted by molar-refractivity contribution is 9.10. The molecular weight excluding hydrogens is 292 g/mol. The third kappa shape index (κ3) is 1.99. The van der Waals surface area contributed by atoms with Crippen molar-refractivity contribution in [3.05, 3.63) is 46.9 Å². The highest BCUT2D eigenvalue weighted by atomic mass is 79.9. The maximum absolute atomic E-state index is 5.77. The molecule has 0 radical (unpaired) electrons. The summed E-state index contributed by atoms with van der Waals surface area (Å²) in [4.78, 5) is 4.48. The Morgan fingerprint density at radius 1 is 1.11 bits per heavy atom. The molecule has 0 spiro atoms. The molecule has 0 bridgehead atoms. The van der Waals surface area contributed by atoms with E-state index in [1.165, 1.54) is 0 Å². The topological polar surface area (TPSA) is 38.1 Å². The first kappa shape index (κ1) is 11.3. The summed E-state index contributed by atoms with van der Waals surface area (Å²) >= 11 is 3.41. The smallest absolute Gasteiger partial charge is 0.227 e. The summed E-state index contributed by atoms with van der Waals surface area (Å²) in [5, 5.41) is 3.08. The van der Waals surface area contributed by atoms with E-state index in [0.29, 0.717) is 5.89 Å². The normalized spacial score (nSPS) is 10.8. The monoisotopic (exact) mass is 302 g/mol. The number of benzene rings is 2. The minimum absolute atomic E-state index is 0.644. The van der Waals surface area contributed by atoms with E-state index >= 15 is 0 Å². The van der Waals surface area contributed by atoms with Gasteiger partial charge in [-0.1, -0.05) is 15.9 Å². The number of nitrogens with one attached hydrogen (secondary N) is 1. The molecule has 2 aromatic carbocycles. The second kappa shape index (κ2) is 4.46. The summed E-state index contributed by atoms with van der Waals surface area (Å²) in [5.41, 5.74) is 3.65. The van der Waals surface area contributed by atoms with Gasteiger partial charge in [-0.15, -0.1) is 0 Å². The number of fused-ring (bicyclic) bond motifs is 1. The van der Waals surface area contributed by atoms with E-state index in [1.807, 2.05) is 49.5 Å². The van der Waals surface area contributed by atoms with Crippen molar-refractivity contribution in [1.82, 2.24) is 4.98 Å². The van der Waals surface area contributed by atoms with Crippen LogP contribution in [0.1, 0.15) is 0 Å². The Balaban J connectivity index is 2.10. The molecule has 0 aliphatic carbocycles. The third-order valence-corrected chi connectivity index (χ3v) is 3.30. The Morgan fingerprint density at radius 3 is 2.61 bits per heavy atom. The van der Waals surface area contributed by atoms with E-state index in [4.69, 9.17) is 4.42 Å². The zero-order valence-corrected chi connectivity index (χ0v) is 11.4. The van der Waals surface area contributed by atoms with Crippen molar-refractivity contribution in [2.45, 2.75) is 0 Å². The van der Waals surface area contributed by atoms with Gasteiger partial charge in [0.25, 0.3) is 0 Å². The lowest BCUT2D eigenvalue weighted by molar-refractivity contribution is 0.620. The largest absolute Gasteiger partial charge is 0.436 e. The van der Waals surface area contributed by atoms with Gasteiger partial charge in [0.1, 0.15) is 5.52 Å². The molecule has 0 amide bonds. The van der Waals surface area contributed by atoms with Crippen LogP contribution < -0.4 is 5.32 Å². The van der Waals surface area contributed by atoms with Crippen LogP contribution in [0.4, 0.5) is 5.69 Å². The SMILES string of the molecule is CNc1ccc2nc(-c3ccc(Br)cc3)oc2c1. The van der Waals surface area contributed by atoms with Gasteiger partial charge in [0.05, 0.1) is 0 Å². The fraction of sp³-hybridized carbons (Fsp3) is 0.0714. The van der Waals surface area contributed by atoms with Gasteiger partial charge in [-0.3, -0.25) is 0 Å². The van der Waals surface area contributed by atoms with Crippen molar-refractivity contribution < 1.29 is 4.42 Å². The van der Waals surface area contributed by atoms with E-state index in [0.717, 1.165) is 26.8 Å². The molecule has 3 rings (SSSR count). The first-order valence-corrected chi connectivity index (χ1v) is 6.40. The molecule has 0 atom stereocenters. The number of hydrogen-bond donors (Lipinski definition) is 1. The van der Waals surface area contributed by atoms with Gasteiger partial charge in [0.2, 0.25) is 5.89 Å². The standard InChI is InChI=1S/C14H11BrN2O/c1-16-11-6-7-12-13(8-11)18-14(17-12)9-2-4-10(15)5-3-9/h2-8,16H,1H3.